The average molecular weight is 378 g/mol. The van der Waals surface area contributed by atoms with Gasteiger partial charge in [-0.25, -0.2) is 13.6 Å². The Morgan fingerprint density at radius 1 is 1.38 bits per heavy atom. The number of benzene rings is 1. The van der Waals surface area contributed by atoms with Crippen molar-refractivity contribution in [3.63, 3.8) is 0 Å². The molecular formula is C15H24ClN3O4S. The van der Waals surface area contributed by atoms with Gasteiger partial charge < -0.3 is 15.4 Å². The van der Waals surface area contributed by atoms with Gasteiger partial charge in [0.15, 0.2) is 0 Å². The van der Waals surface area contributed by atoms with Crippen LogP contribution in [0.25, 0.3) is 0 Å². The second-order valence-electron chi connectivity index (χ2n) is 5.69. The lowest BCUT2D eigenvalue weighted by atomic mass is 9.93. The van der Waals surface area contributed by atoms with E-state index < -0.39 is 10.0 Å². The van der Waals surface area contributed by atoms with Crippen LogP contribution >= 0.6 is 12.4 Å². The highest BCUT2D eigenvalue weighted by Gasteiger charge is 2.17. The Kier molecular flexibility index (Phi) is 7.95. The highest BCUT2D eigenvalue weighted by molar-refractivity contribution is 7.89. The number of primary sulfonamides is 1. The van der Waals surface area contributed by atoms with Crippen LogP contribution in [0.5, 0.6) is 5.75 Å². The van der Waals surface area contributed by atoms with Gasteiger partial charge in [0, 0.05) is 6.42 Å². The second kappa shape index (κ2) is 9.22. The van der Waals surface area contributed by atoms with E-state index in [2.05, 4.69) is 10.6 Å². The number of piperidine rings is 1. The number of anilines is 1. The molecule has 0 spiro atoms. The average Bonchev–Trinajstić information content (AvgIpc) is 2.53. The molecule has 1 saturated heterocycles. The van der Waals surface area contributed by atoms with E-state index in [4.69, 9.17) is 9.88 Å². The summed E-state index contributed by atoms with van der Waals surface area (Å²) in [6.45, 7) is 1.99. The molecule has 0 unspecified atom stereocenters. The Hall–Kier alpha value is -1.35. The van der Waals surface area contributed by atoms with Crippen molar-refractivity contribution in [3.8, 4) is 5.75 Å². The van der Waals surface area contributed by atoms with Crippen LogP contribution in [0.2, 0.25) is 0 Å². The summed E-state index contributed by atoms with van der Waals surface area (Å²) in [5, 5.41) is 11.1. The van der Waals surface area contributed by atoms with Gasteiger partial charge in [0.25, 0.3) is 0 Å². The fraction of sp³-hybridized carbons (Fsp3) is 0.533. The molecule has 1 aromatic rings. The summed E-state index contributed by atoms with van der Waals surface area (Å²) in [7, 11) is -2.37. The Morgan fingerprint density at radius 3 is 2.62 bits per heavy atom. The molecule has 1 amide bonds. The molecule has 1 aliphatic rings. The van der Waals surface area contributed by atoms with Crippen molar-refractivity contribution in [2.75, 3.05) is 25.5 Å². The maximum absolute atomic E-state index is 12.1. The molecule has 1 heterocycles. The van der Waals surface area contributed by atoms with E-state index in [0.29, 0.717) is 23.8 Å². The van der Waals surface area contributed by atoms with Crippen molar-refractivity contribution < 1.29 is 17.9 Å². The van der Waals surface area contributed by atoms with Crippen molar-refractivity contribution in [3.05, 3.63) is 18.2 Å². The van der Waals surface area contributed by atoms with Crippen LogP contribution in [0.3, 0.4) is 0 Å². The molecule has 1 aliphatic heterocycles. The van der Waals surface area contributed by atoms with Gasteiger partial charge in [0.2, 0.25) is 15.9 Å². The molecule has 7 nitrogen and oxygen atoms in total. The SMILES string of the molecule is COc1ccc(S(N)(=O)=O)cc1NC(=O)CCC1CCNCC1.Cl. The number of halogens is 1. The van der Waals surface area contributed by atoms with E-state index in [1.807, 2.05) is 0 Å². The van der Waals surface area contributed by atoms with Crippen molar-refractivity contribution in [2.45, 2.75) is 30.6 Å². The van der Waals surface area contributed by atoms with Gasteiger partial charge in [-0.15, -0.1) is 12.4 Å². The zero-order valence-electron chi connectivity index (χ0n) is 13.6. The first-order chi connectivity index (χ1) is 10.9. The van der Waals surface area contributed by atoms with Crippen molar-refractivity contribution in [2.24, 2.45) is 11.1 Å². The number of hydrogen-bond acceptors (Lipinski definition) is 5. The molecule has 9 heteroatoms. The van der Waals surface area contributed by atoms with Gasteiger partial charge in [-0.05, 0) is 56.5 Å². The van der Waals surface area contributed by atoms with E-state index in [1.54, 1.807) is 0 Å². The summed E-state index contributed by atoms with van der Waals surface area (Å²) in [6, 6.07) is 4.14. The molecule has 0 bridgehead atoms. The summed E-state index contributed by atoms with van der Waals surface area (Å²) in [6.07, 6.45) is 3.38. The normalized spacial score (nSPS) is 15.4. The number of carbonyl (C=O) groups is 1. The third-order valence-corrected chi connectivity index (χ3v) is 4.92. The molecule has 136 valence electrons. The molecule has 0 atom stereocenters. The third kappa shape index (κ3) is 5.94. The number of nitrogens with two attached hydrogens (primary N) is 1. The molecule has 0 aliphatic carbocycles. The van der Waals surface area contributed by atoms with Crippen LogP contribution in [-0.2, 0) is 14.8 Å². The Bertz CT molecular complexity index is 661. The smallest absolute Gasteiger partial charge is 0.238 e. The molecule has 1 aromatic carbocycles. The van der Waals surface area contributed by atoms with Crippen LogP contribution in [0, 0.1) is 5.92 Å². The van der Waals surface area contributed by atoms with Gasteiger partial charge in [-0.3, -0.25) is 4.79 Å². The summed E-state index contributed by atoms with van der Waals surface area (Å²) in [5.41, 5.74) is 0.314. The Labute approximate surface area is 148 Å². The van der Waals surface area contributed by atoms with Gasteiger partial charge >= 0.3 is 0 Å². The molecule has 24 heavy (non-hydrogen) atoms. The highest BCUT2D eigenvalue weighted by Crippen LogP contribution is 2.27. The van der Waals surface area contributed by atoms with E-state index in [-0.39, 0.29) is 23.2 Å². The van der Waals surface area contributed by atoms with Gasteiger partial charge in [-0.1, -0.05) is 0 Å². The molecule has 2 rings (SSSR count). The van der Waals surface area contributed by atoms with Gasteiger partial charge in [0.1, 0.15) is 5.75 Å². The fourth-order valence-corrected chi connectivity index (χ4v) is 3.22. The Morgan fingerprint density at radius 2 is 2.04 bits per heavy atom. The summed E-state index contributed by atoms with van der Waals surface area (Å²) in [4.78, 5) is 12.1. The molecule has 4 N–H and O–H groups in total. The predicted octanol–water partition coefficient (Wildman–Crippen LogP) is 1.48. The minimum Gasteiger partial charge on any atom is -0.495 e. The molecule has 1 fully saturated rings. The van der Waals surface area contributed by atoms with Gasteiger partial charge in [-0.2, -0.15) is 0 Å². The lowest BCUT2D eigenvalue weighted by Crippen LogP contribution is -2.28. The standard InChI is InChI=1S/C15H23N3O4S.ClH/c1-22-14-4-3-12(23(16,20)21)10-13(14)18-15(19)5-2-11-6-8-17-9-7-11;/h3-4,10-11,17H,2,5-9H2,1H3,(H,18,19)(H2,16,20,21);1H. The topological polar surface area (TPSA) is 111 Å². The van der Waals surface area contributed by atoms with E-state index >= 15 is 0 Å². The monoisotopic (exact) mass is 377 g/mol. The largest absolute Gasteiger partial charge is 0.495 e. The molecule has 0 radical (unpaired) electrons. The lowest BCUT2D eigenvalue weighted by molar-refractivity contribution is -0.116. The summed E-state index contributed by atoms with van der Waals surface area (Å²) < 4.78 is 28.0. The van der Waals surface area contributed by atoms with Crippen LogP contribution in [-0.4, -0.2) is 34.5 Å². The minimum atomic E-state index is -3.83. The number of carbonyl (C=O) groups excluding carboxylic acids is 1. The lowest BCUT2D eigenvalue weighted by Gasteiger charge is -2.22. The number of sulfonamides is 1. The first kappa shape index (κ1) is 20.7. The molecule has 0 saturated carbocycles. The number of hydrogen-bond donors (Lipinski definition) is 3. The third-order valence-electron chi connectivity index (χ3n) is 4.01. The molecular weight excluding hydrogens is 354 g/mol. The second-order valence-corrected chi connectivity index (χ2v) is 7.25. The summed E-state index contributed by atoms with van der Waals surface area (Å²) >= 11 is 0. The van der Waals surface area contributed by atoms with Crippen molar-refractivity contribution >= 4 is 34.0 Å². The minimum absolute atomic E-state index is 0. The maximum atomic E-state index is 12.1. The number of rotatable bonds is 6. The zero-order chi connectivity index (χ0) is 16.9. The first-order valence-electron chi connectivity index (χ1n) is 7.61. The number of amides is 1. The van der Waals surface area contributed by atoms with Crippen molar-refractivity contribution in [1.82, 2.24) is 5.32 Å². The van der Waals surface area contributed by atoms with E-state index in [1.165, 1.54) is 25.3 Å². The zero-order valence-corrected chi connectivity index (χ0v) is 15.2. The highest BCUT2D eigenvalue weighted by atomic mass is 35.5. The predicted molar refractivity (Wildman–Crippen MR) is 95.1 cm³/mol. The van der Waals surface area contributed by atoms with Crippen molar-refractivity contribution in [1.29, 1.82) is 0 Å². The molecule has 0 aromatic heterocycles. The number of nitrogens with one attached hydrogen (secondary N) is 2. The fourth-order valence-electron chi connectivity index (χ4n) is 2.68. The van der Waals surface area contributed by atoms with E-state index in [9.17, 15) is 13.2 Å². The van der Waals surface area contributed by atoms with Crippen LogP contribution < -0.4 is 20.5 Å². The number of methoxy groups -OCH3 is 1. The van der Waals surface area contributed by atoms with E-state index in [0.717, 1.165) is 32.4 Å². The number of ether oxygens (including phenoxy) is 1. The Balaban J connectivity index is 0.00000288. The maximum Gasteiger partial charge on any atom is 0.238 e. The van der Waals surface area contributed by atoms with Crippen LogP contribution in [0.15, 0.2) is 23.1 Å². The first-order valence-corrected chi connectivity index (χ1v) is 9.16. The van der Waals surface area contributed by atoms with Crippen LogP contribution in [0.4, 0.5) is 5.69 Å². The van der Waals surface area contributed by atoms with Gasteiger partial charge in [0.05, 0.1) is 17.7 Å². The quantitative estimate of drug-likeness (QED) is 0.695. The van der Waals surface area contributed by atoms with Crippen LogP contribution in [0.1, 0.15) is 25.7 Å². The summed E-state index contributed by atoms with van der Waals surface area (Å²) in [5.74, 6) is 0.792.